The molecule has 0 bridgehead atoms. The summed E-state index contributed by atoms with van der Waals surface area (Å²) in [5.41, 5.74) is 1.50. The summed E-state index contributed by atoms with van der Waals surface area (Å²) in [4.78, 5) is 39.5. The Labute approximate surface area is 305 Å². The van der Waals surface area contributed by atoms with E-state index >= 15 is 0 Å². The molecular formula is C38H35ClN4O8S. The number of rotatable bonds is 12. The molecule has 4 N–H and O–H groups in total. The minimum Gasteiger partial charge on any atom is -0.495 e. The average molecular weight is 743 g/mol. The third-order valence-electron chi connectivity index (χ3n) is 8.62. The predicted octanol–water partition coefficient (Wildman–Crippen LogP) is 6.41. The Kier molecular flexibility index (Phi) is 10.9. The van der Waals surface area contributed by atoms with E-state index in [0.29, 0.717) is 33.5 Å². The number of hydrogen-bond donors (Lipinski definition) is 4. The molecule has 0 radical (unpaired) electrons. The number of methoxy groups -OCH3 is 1. The number of carbonyl (C=O) groups is 3. The van der Waals surface area contributed by atoms with Gasteiger partial charge in [-0.05, 0) is 83.4 Å². The van der Waals surface area contributed by atoms with Crippen molar-refractivity contribution in [1.82, 2.24) is 9.62 Å². The second-order valence-electron chi connectivity index (χ2n) is 12.2. The van der Waals surface area contributed by atoms with Crippen LogP contribution in [0.1, 0.15) is 22.3 Å². The van der Waals surface area contributed by atoms with E-state index in [1.54, 1.807) is 65.6 Å². The van der Waals surface area contributed by atoms with E-state index in [0.717, 1.165) is 10.8 Å². The van der Waals surface area contributed by atoms with Crippen LogP contribution in [0, 0.1) is 0 Å². The fourth-order valence-corrected chi connectivity index (χ4v) is 7.50. The van der Waals surface area contributed by atoms with Gasteiger partial charge in [0.25, 0.3) is 0 Å². The lowest BCUT2D eigenvalue weighted by atomic mass is 10.1. The minimum atomic E-state index is -3.94. The molecular weight excluding hydrogens is 708 g/mol. The number of sulfonamides is 1. The van der Waals surface area contributed by atoms with Crippen molar-refractivity contribution in [3.63, 3.8) is 0 Å². The van der Waals surface area contributed by atoms with Gasteiger partial charge < -0.3 is 30.1 Å². The third-order valence-corrected chi connectivity index (χ3v) is 10.5. The van der Waals surface area contributed by atoms with Crippen LogP contribution in [0.15, 0.2) is 114 Å². The Balaban J connectivity index is 1.17. The first-order valence-corrected chi connectivity index (χ1v) is 18.1. The second-order valence-corrected chi connectivity index (χ2v) is 14.3. The summed E-state index contributed by atoms with van der Waals surface area (Å²) in [5, 5.41) is 16.7. The van der Waals surface area contributed by atoms with Crippen molar-refractivity contribution in [2.45, 2.75) is 29.8 Å². The van der Waals surface area contributed by atoms with Gasteiger partial charge in [-0.3, -0.25) is 4.79 Å². The lowest BCUT2D eigenvalue weighted by Crippen LogP contribution is -2.41. The van der Waals surface area contributed by atoms with Gasteiger partial charge in [0.1, 0.15) is 18.1 Å². The zero-order valence-electron chi connectivity index (χ0n) is 27.9. The molecule has 0 unspecified atom stereocenters. The molecule has 1 heterocycles. The molecule has 1 fully saturated rings. The van der Waals surface area contributed by atoms with E-state index in [1.165, 1.54) is 31.4 Å². The number of aromatic carboxylic acids is 1. The lowest BCUT2D eigenvalue weighted by Gasteiger charge is -2.25. The number of urea groups is 1. The SMILES string of the molecule is COc1cc(CC(=O)N2C[C@@H](NS(=O)(=O)c3ccc4ccccc4c3)C[C@H]2COc2ccc(C(=O)O)cc2)ccc1NC(=O)Nc1ccccc1Cl. The summed E-state index contributed by atoms with van der Waals surface area (Å²) >= 11 is 6.15. The van der Waals surface area contributed by atoms with Crippen molar-refractivity contribution >= 4 is 61.7 Å². The van der Waals surface area contributed by atoms with Crippen LogP contribution < -0.4 is 24.8 Å². The van der Waals surface area contributed by atoms with Crippen LogP contribution in [0.3, 0.4) is 0 Å². The van der Waals surface area contributed by atoms with Crippen LogP contribution in [0.25, 0.3) is 10.8 Å². The fourth-order valence-electron chi connectivity index (χ4n) is 6.04. The van der Waals surface area contributed by atoms with E-state index in [1.807, 2.05) is 24.3 Å². The van der Waals surface area contributed by atoms with Gasteiger partial charge in [-0.2, -0.15) is 0 Å². The highest BCUT2D eigenvalue weighted by Gasteiger charge is 2.38. The summed E-state index contributed by atoms with van der Waals surface area (Å²) in [6.45, 7) is 0.135. The number of fused-ring (bicyclic) bond motifs is 1. The molecule has 0 aliphatic carbocycles. The first kappa shape index (κ1) is 36.2. The maximum atomic E-state index is 13.9. The lowest BCUT2D eigenvalue weighted by molar-refractivity contribution is -0.131. The van der Waals surface area contributed by atoms with Crippen molar-refractivity contribution in [1.29, 1.82) is 0 Å². The highest BCUT2D eigenvalue weighted by atomic mass is 35.5. The van der Waals surface area contributed by atoms with Gasteiger partial charge in [0, 0.05) is 12.6 Å². The number of nitrogens with zero attached hydrogens (tertiary/aromatic N) is 1. The van der Waals surface area contributed by atoms with Crippen LogP contribution in [-0.4, -0.2) is 68.7 Å². The number of carboxylic acids is 1. The van der Waals surface area contributed by atoms with Gasteiger partial charge in [0.15, 0.2) is 0 Å². The Morgan fingerprint density at radius 2 is 1.58 bits per heavy atom. The normalized spacial score (nSPS) is 15.6. The van der Waals surface area contributed by atoms with Crippen molar-refractivity contribution in [3.05, 3.63) is 125 Å². The van der Waals surface area contributed by atoms with Crippen LogP contribution in [0.2, 0.25) is 5.02 Å². The Hall–Kier alpha value is -5.63. The molecule has 5 aromatic carbocycles. The molecule has 0 spiro atoms. The van der Waals surface area contributed by atoms with Crippen molar-refractivity contribution < 1.29 is 37.4 Å². The van der Waals surface area contributed by atoms with E-state index in [-0.39, 0.29) is 42.4 Å². The number of amides is 3. The molecule has 1 aliphatic heterocycles. The molecule has 3 amide bonds. The Morgan fingerprint density at radius 1 is 0.865 bits per heavy atom. The number of anilines is 2. The number of halogens is 1. The number of ether oxygens (including phenoxy) is 2. The monoisotopic (exact) mass is 742 g/mol. The first-order chi connectivity index (χ1) is 25.0. The van der Waals surface area contributed by atoms with E-state index < -0.39 is 34.1 Å². The van der Waals surface area contributed by atoms with Gasteiger partial charge in [0.2, 0.25) is 15.9 Å². The standard InChI is InChI=1S/C38H35ClN4O8S/c1-50-35-18-24(10-17-34(35)41-38(47)40-33-9-5-4-8-32(33)39)19-36(44)43-22-28(21-29(43)23-51-30-14-11-26(12-15-30)37(45)46)42-52(48,49)31-16-13-25-6-2-3-7-27(25)20-31/h2-18,20,28-29,42H,19,21-23H2,1H3,(H,45,46)(H2,40,41,47)/t28-,29-/m0/s1. The summed E-state index contributed by atoms with van der Waals surface area (Å²) in [6, 6.07) is 28.4. The number of nitrogens with one attached hydrogen (secondary N) is 3. The van der Waals surface area contributed by atoms with Gasteiger partial charge >= 0.3 is 12.0 Å². The van der Waals surface area contributed by atoms with Gasteiger partial charge in [-0.1, -0.05) is 60.1 Å². The van der Waals surface area contributed by atoms with Crippen LogP contribution in [-0.2, 0) is 21.2 Å². The van der Waals surface area contributed by atoms with E-state index in [2.05, 4.69) is 15.4 Å². The third kappa shape index (κ3) is 8.62. The second kappa shape index (κ2) is 15.7. The molecule has 268 valence electrons. The first-order valence-electron chi connectivity index (χ1n) is 16.3. The van der Waals surface area contributed by atoms with E-state index in [9.17, 15) is 27.9 Å². The van der Waals surface area contributed by atoms with Crippen molar-refractivity contribution in [2.24, 2.45) is 0 Å². The fraction of sp³-hybridized carbons (Fsp3) is 0.184. The molecule has 0 saturated carbocycles. The largest absolute Gasteiger partial charge is 0.495 e. The molecule has 12 nitrogen and oxygen atoms in total. The topological polar surface area (TPSA) is 163 Å². The Morgan fingerprint density at radius 3 is 2.31 bits per heavy atom. The molecule has 6 rings (SSSR count). The number of hydrogen-bond acceptors (Lipinski definition) is 7. The summed E-state index contributed by atoms with van der Waals surface area (Å²) in [6.07, 6.45) is 0.231. The van der Waals surface area contributed by atoms with Gasteiger partial charge in [-0.15, -0.1) is 0 Å². The number of para-hydroxylation sites is 1. The quantitative estimate of drug-likeness (QED) is 0.114. The number of benzene rings is 5. The zero-order chi connectivity index (χ0) is 36.8. The van der Waals surface area contributed by atoms with Crippen LogP contribution >= 0.6 is 11.6 Å². The number of likely N-dealkylation sites (tertiary alicyclic amines) is 1. The van der Waals surface area contributed by atoms with Crippen LogP contribution in [0.4, 0.5) is 16.2 Å². The maximum absolute atomic E-state index is 13.9. The van der Waals surface area contributed by atoms with Gasteiger partial charge in [0.05, 0.1) is 46.4 Å². The zero-order valence-corrected chi connectivity index (χ0v) is 29.5. The highest BCUT2D eigenvalue weighted by Crippen LogP contribution is 2.29. The van der Waals surface area contributed by atoms with Crippen molar-refractivity contribution in [2.75, 3.05) is 30.9 Å². The smallest absolute Gasteiger partial charge is 0.335 e. The molecule has 0 aromatic heterocycles. The molecule has 2 atom stereocenters. The summed E-state index contributed by atoms with van der Waals surface area (Å²) < 4.78 is 41.3. The molecule has 5 aromatic rings. The summed E-state index contributed by atoms with van der Waals surface area (Å²) in [7, 11) is -2.50. The molecule has 14 heteroatoms. The minimum absolute atomic E-state index is 0.0408. The predicted molar refractivity (Wildman–Crippen MR) is 198 cm³/mol. The van der Waals surface area contributed by atoms with Crippen molar-refractivity contribution in [3.8, 4) is 11.5 Å². The summed E-state index contributed by atoms with van der Waals surface area (Å²) in [5.74, 6) is -0.612. The van der Waals surface area contributed by atoms with Crippen LogP contribution in [0.5, 0.6) is 11.5 Å². The number of carboxylic acid groups (broad SMARTS) is 1. The molecule has 52 heavy (non-hydrogen) atoms. The average Bonchev–Trinajstić information content (AvgIpc) is 3.54. The van der Waals surface area contributed by atoms with Gasteiger partial charge in [-0.25, -0.2) is 22.7 Å². The molecule has 1 aliphatic rings. The molecule has 1 saturated heterocycles. The Bertz CT molecular complexity index is 2230. The van der Waals surface area contributed by atoms with E-state index in [4.69, 9.17) is 21.1 Å². The number of carbonyl (C=O) groups excluding carboxylic acids is 2. The maximum Gasteiger partial charge on any atom is 0.335 e. The highest BCUT2D eigenvalue weighted by molar-refractivity contribution is 7.89.